The fourth-order valence-electron chi connectivity index (χ4n) is 3.45. The Bertz CT molecular complexity index is 1370. The van der Waals surface area contributed by atoms with Gasteiger partial charge in [-0.05, 0) is 48.9 Å². The van der Waals surface area contributed by atoms with Crippen molar-refractivity contribution >= 4 is 17.4 Å². The largest absolute Gasteiger partial charge is 0.482 e. The maximum Gasteiger partial charge on any atom is 0.416 e. The van der Waals surface area contributed by atoms with Gasteiger partial charge in [0.25, 0.3) is 5.91 Å². The summed E-state index contributed by atoms with van der Waals surface area (Å²) in [6.07, 6.45) is 0.184. The molecule has 35 heavy (non-hydrogen) atoms. The van der Waals surface area contributed by atoms with E-state index in [9.17, 15) is 18.0 Å². The number of ether oxygens (including phenoxy) is 1. The number of nitrogens with one attached hydrogen (secondary N) is 1. The molecule has 0 spiro atoms. The number of hydrogen-bond acceptors (Lipinski definition) is 5. The van der Waals surface area contributed by atoms with E-state index in [0.717, 1.165) is 28.8 Å². The lowest BCUT2D eigenvalue weighted by molar-refractivity contribution is -0.137. The Hall–Kier alpha value is -4.34. The number of amides is 1. The summed E-state index contributed by atoms with van der Waals surface area (Å²) < 4.78 is 46.6. The van der Waals surface area contributed by atoms with Gasteiger partial charge in [-0.3, -0.25) is 9.48 Å². The van der Waals surface area contributed by atoms with Gasteiger partial charge in [0.1, 0.15) is 6.10 Å². The van der Waals surface area contributed by atoms with Crippen molar-refractivity contribution in [2.75, 3.05) is 11.1 Å². The Kier molecular flexibility index (Phi) is 6.46. The molecule has 10 heteroatoms. The molecule has 0 aliphatic heterocycles. The topological polar surface area (TPSA) is 95.1 Å². The predicted molar refractivity (Wildman–Crippen MR) is 126 cm³/mol. The molecule has 0 bridgehead atoms. The van der Waals surface area contributed by atoms with Crippen LogP contribution in [0.4, 0.5) is 24.7 Å². The Balaban J connectivity index is 1.50. The van der Waals surface area contributed by atoms with Crippen molar-refractivity contribution < 1.29 is 22.7 Å². The second-order valence-corrected chi connectivity index (χ2v) is 7.93. The molecule has 0 aliphatic carbocycles. The highest BCUT2D eigenvalue weighted by Gasteiger charge is 2.30. The molecule has 7 nitrogen and oxygen atoms in total. The maximum absolute atomic E-state index is 13.0. The fourth-order valence-corrected chi connectivity index (χ4v) is 3.45. The average molecular weight is 481 g/mol. The van der Waals surface area contributed by atoms with Crippen molar-refractivity contribution in [1.82, 2.24) is 14.8 Å². The molecular weight excluding hydrogens is 459 g/mol. The number of nitrogens with two attached hydrogens (primary N) is 1. The second kappa shape index (κ2) is 9.49. The fraction of sp³-hybridized carbons (Fsp3) is 0.160. The molecule has 2 aromatic carbocycles. The second-order valence-electron chi connectivity index (χ2n) is 7.93. The number of nitrogens with zero attached hydrogens (tertiary/aromatic N) is 3. The first kappa shape index (κ1) is 23.8. The molecule has 4 aromatic rings. The van der Waals surface area contributed by atoms with Gasteiger partial charge in [0.2, 0.25) is 0 Å². The van der Waals surface area contributed by atoms with E-state index < -0.39 is 23.8 Å². The highest BCUT2D eigenvalue weighted by atomic mass is 19.4. The number of benzene rings is 2. The van der Waals surface area contributed by atoms with Crippen molar-refractivity contribution in [3.63, 3.8) is 0 Å². The van der Waals surface area contributed by atoms with Crippen molar-refractivity contribution in [1.29, 1.82) is 0 Å². The van der Waals surface area contributed by atoms with Crippen molar-refractivity contribution in [3.8, 4) is 16.9 Å². The molecule has 2 aromatic heterocycles. The van der Waals surface area contributed by atoms with Gasteiger partial charge in [-0.25, -0.2) is 4.98 Å². The van der Waals surface area contributed by atoms with Crippen LogP contribution in [0.1, 0.15) is 34.5 Å². The molecule has 0 fully saturated rings. The van der Waals surface area contributed by atoms with Gasteiger partial charge in [-0.15, -0.1) is 0 Å². The van der Waals surface area contributed by atoms with Crippen LogP contribution in [-0.2, 0) is 13.2 Å². The van der Waals surface area contributed by atoms with E-state index in [-0.39, 0.29) is 11.4 Å². The number of rotatable bonds is 6. The van der Waals surface area contributed by atoms with Crippen LogP contribution >= 0.6 is 0 Å². The molecule has 2 heterocycles. The molecule has 1 atom stereocenters. The number of carbonyl (C=O) groups is 1. The summed E-state index contributed by atoms with van der Waals surface area (Å²) >= 11 is 0. The Labute approximate surface area is 199 Å². The number of pyridine rings is 1. The van der Waals surface area contributed by atoms with Gasteiger partial charge in [-0.1, -0.05) is 18.2 Å². The molecule has 4 rings (SSSR count). The highest BCUT2D eigenvalue weighted by molar-refractivity contribution is 6.04. The Morgan fingerprint density at radius 1 is 1.09 bits per heavy atom. The van der Waals surface area contributed by atoms with E-state index in [1.165, 1.54) is 12.1 Å². The zero-order valence-electron chi connectivity index (χ0n) is 18.9. The van der Waals surface area contributed by atoms with E-state index in [1.807, 2.05) is 20.2 Å². The lowest BCUT2D eigenvalue weighted by Crippen LogP contribution is -2.14. The zero-order chi connectivity index (χ0) is 25.2. The summed E-state index contributed by atoms with van der Waals surface area (Å²) in [6.45, 7) is 1.81. The Morgan fingerprint density at radius 2 is 1.86 bits per heavy atom. The van der Waals surface area contributed by atoms with Crippen LogP contribution in [0.15, 0.2) is 73.2 Å². The number of halogens is 3. The lowest BCUT2D eigenvalue weighted by atomic mass is 10.1. The number of hydrogen-bond donors (Lipinski definition) is 2. The Morgan fingerprint density at radius 3 is 2.57 bits per heavy atom. The number of aryl methyl sites for hydroxylation is 1. The van der Waals surface area contributed by atoms with E-state index in [1.54, 1.807) is 47.4 Å². The SMILES string of the molecule is CC(Oc1cc(-c2cnn(C)c2)cnc1N)c1cccc(NC(=O)c2cccc(C(F)(F)F)c2)c1. The summed E-state index contributed by atoms with van der Waals surface area (Å²) in [5, 5.41) is 6.78. The molecule has 0 saturated heterocycles. The van der Waals surface area contributed by atoms with Crippen LogP contribution in [0.25, 0.3) is 11.1 Å². The maximum atomic E-state index is 13.0. The standard InChI is InChI=1S/C25H22F3N5O2/c1-15(35-22-11-18(12-30-23(22)29)19-13-31-33(2)14-19)16-5-4-8-21(10-16)32-24(34)17-6-3-7-20(9-17)25(26,27)28/h3-15H,1-2H3,(H2,29,30)(H,32,34). The van der Waals surface area contributed by atoms with Crippen LogP contribution in [0.5, 0.6) is 5.75 Å². The summed E-state index contributed by atoms with van der Waals surface area (Å²) in [5.74, 6) is -0.0461. The predicted octanol–water partition coefficient (Wildman–Crippen LogP) is 5.48. The normalized spacial score (nSPS) is 12.3. The van der Waals surface area contributed by atoms with Crippen LogP contribution in [0.2, 0.25) is 0 Å². The third kappa shape index (κ3) is 5.60. The lowest BCUT2D eigenvalue weighted by Gasteiger charge is -2.18. The van der Waals surface area contributed by atoms with E-state index in [2.05, 4.69) is 15.4 Å². The van der Waals surface area contributed by atoms with Crippen LogP contribution in [0, 0.1) is 0 Å². The minimum absolute atomic E-state index is 0.0967. The van der Waals surface area contributed by atoms with E-state index in [4.69, 9.17) is 10.5 Å². The minimum Gasteiger partial charge on any atom is -0.482 e. The first-order valence-corrected chi connectivity index (χ1v) is 10.6. The van der Waals surface area contributed by atoms with Crippen LogP contribution in [0.3, 0.4) is 0 Å². The number of anilines is 2. The third-order valence-electron chi connectivity index (χ3n) is 5.29. The molecule has 0 saturated carbocycles. The van der Waals surface area contributed by atoms with Gasteiger partial charge in [0, 0.05) is 41.8 Å². The summed E-state index contributed by atoms with van der Waals surface area (Å²) in [5.41, 5.74) is 7.80. The van der Waals surface area contributed by atoms with E-state index in [0.29, 0.717) is 11.4 Å². The highest BCUT2D eigenvalue weighted by Crippen LogP contribution is 2.32. The van der Waals surface area contributed by atoms with Crippen molar-refractivity contribution in [3.05, 3.63) is 89.9 Å². The monoisotopic (exact) mass is 481 g/mol. The summed E-state index contributed by atoms with van der Waals surface area (Å²) in [7, 11) is 1.81. The first-order valence-electron chi connectivity index (χ1n) is 10.6. The molecule has 0 radical (unpaired) electrons. The van der Waals surface area contributed by atoms with Gasteiger partial charge >= 0.3 is 6.18 Å². The van der Waals surface area contributed by atoms with Crippen molar-refractivity contribution in [2.45, 2.75) is 19.2 Å². The van der Waals surface area contributed by atoms with E-state index >= 15 is 0 Å². The number of aromatic nitrogens is 3. The smallest absolute Gasteiger partial charge is 0.416 e. The number of nitrogen functional groups attached to an aromatic ring is 1. The quantitative estimate of drug-likeness (QED) is 0.381. The molecule has 0 aliphatic rings. The number of alkyl halides is 3. The van der Waals surface area contributed by atoms with Gasteiger partial charge < -0.3 is 15.8 Å². The van der Waals surface area contributed by atoms with Gasteiger partial charge in [0.05, 0.1) is 11.8 Å². The van der Waals surface area contributed by atoms with Gasteiger partial charge in [-0.2, -0.15) is 18.3 Å². The van der Waals surface area contributed by atoms with Crippen molar-refractivity contribution in [2.24, 2.45) is 7.05 Å². The third-order valence-corrected chi connectivity index (χ3v) is 5.29. The molecule has 1 unspecified atom stereocenters. The zero-order valence-corrected chi connectivity index (χ0v) is 18.9. The average Bonchev–Trinajstić information content (AvgIpc) is 3.26. The summed E-state index contributed by atoms with van der Waals surface area (Å²) in [6, 6.07) is 12.9. The number of carbonyl (C=O) groups excluding carboxylic acids is 1. The van der Waals surface area contributed by atoms with Crippen LogP contribution in [-0.4, -0.2) is 20.7 Å². The first-order chi connectivity index (χ1) is 16.6. The molecular formula is C25H22F3N5O2. The summed E-state index contributed by atoms with van der Waals surface area (Å²) in [4.78, 5) is 16.7. The molecule has 3 N–H and O–H groups in total. The molecule has 180 valence electrons. The minimum atomic E-state index is -4.53. The van der Waals surface area contributed by atoms with Gasteiger partial charge in [0.15, 0.2) is 11.6 Å². The van der Waals surface area contributed by atoms with Crippen LogP contribution < -0.4 is 15.8 Å². The molecule has 1 amide bonds.